The van der Waals surface area contributed by atoms with Crippen LogP contribution in [-0.4, -0.2) is 69.6 Å². The van der Waals surface area contributed by atoms with Gasteiger partial charge in [-0.2, -0.15) is 0 Å². The molecule has 5 rings (SSSR count). The largest absolute Gasteiger partial charge is 0.465 e. The van der Waals surface area contributed by atoms with E-state index in [4.69, 9.17) is 4.74 Å². The molecule has 8 heteroatoms. The molecule has 7 atom stereocenters. The van der Waals surface area contributed by atoms with Gasteiger partial charge in [0.1, 0.15) is 6.04 Å². The van der Waals surface area contributed by atoms with Gasteiger partial charge in [0, 0.05) is 17.5 Å². The van der Waals surface area contributed by atoms with E-state index in [0.717, 1.165) is 22.4 Å². The van der Waals surface area contributed by atoms with Gasteiger partial charge in [0.05, 0.1) is 35.8 Å². The highest BCUT2D eigenvalue weighted by Crippen LogP contribution is 2.69. The predicted octanol–water partition coefficient (Wildman–Crippen LogP) is 4.88. The summed E-state index contributed by atoms with van der Waals surface area (Å²) in [6.45, 7) is 13.9. The van der Waals surface area contributed by atoms with Gasteiger partial charge < -0.3 is 19.6 Å². The summed E-state index contributed by atoms with van der Waals surface area (Å²) in [7, 11) is 0. The van der Waals surface area contributed by atoms with Gasteiger partial charge in [0.25, 0.3) is 5.91 Å². The second kappa shape index (κ2) is 12.7. The van der Waals surface area contributed by atoms with Crippen LogP contribution in [0.1, 0.15) is 36.5 Å². The Morgan fingerprint density at radius 1 is 1.14 bits per heavy atom. The van der Waals surface area contributed by atoms with Gasteiger partial charge in [0.15, 0.2) is 0 Å². The van der Waals surface area contributed by atoms with E-state index in [1.807, 2.05) is 62.4 Å². The number of carbonyl (C=O) groups excluding carboxylic acids is 3. The molecule has 0 aromatic heterocycles. The quantitative estimate of drug-likeness (QED) is 0.212. The van der Waals surface area contributed by atoms with Crippen LogP contribution in [0.2, 0.25) is 0 Å². The van der Waals surface area contributed by atoms with Crippen molar-refractivity contribution in [2.24, 2.45) is 17.8 Å². The zero-order valence-corrected chi connectivity index (χ0v) is 26.1. The first-order valence-corrected chi connectivity index (χ1v) is 16.0. The number of aliphatic hydroxyl groups is 1. The smallest absolute Gasteiger partial charge is 0.310 e. The number of ether oxygens (including phenoxy) is 1. The number of para-hydroxylation sites is 1. The van der Waals surface area contributed by atoms with Gasteiger partial charge >= 0.3 is 5.97 Å². The van der Waals surface area contributed by atoms with Gasteiger partial charge in [-0.1, -0.05) is 67.6 Å². The summed E-state index contributed by atoms with van der Waals surface area (Å²) in [5.74, 6) is -2.22. The van der Waals surface area contributed by atoms with Crippen molar-refractivity contribution >= 4 is 35.2 Å². The number of hydrogen-bond donors (Lipinski definition) is 1. The van der Waals surface area contributed by atoms with E-state index in [1.165, 1.54) is 0 Å². The van der Waals surface area contributed by atoms with Crippen LogP contribution >= 0.6 is 11.8 Å². The monoisotopic (exact) mass is 602 g/mol. The van der Waals surface area contributed by atoms with Gasteiger partial charge in [0.2, 0.25) is 5.91 Å². The lowest BCUT2D eigenvalue weighted by molar-refractivity contribution is -0.154. The molecule has 0 saturated carbocycles. The van der Waals surface area contributed by atoms with Gasteiger partial charge in [-0.05, 0) is 55.7 Å². The summed E-state index contributed by atoms with van der Waals surface area (Å²) < 4.78 is 4.82. The lowest BCUT2D eigenvalue weighted by atomic mass is 9.66. The number of likely N-dealkylation sites (tertiary alicyclic amines) is 1. The molecular weight excluding hydrogens is 560 g/mol. The molecule has 2 aromatic carbocycles. The number of aryl methyl sites for hydroxylation is 2. The summed E-state index contributed by atoms with van der Waals surface area (Å²) >= 11 is 1.61. The van der Waals surface area contributed by atoms with Crippen LogP contribution in [0.4, 0.5) is 5.69 Å². The maximum Gasteiger partial charge on any atom is 0.310 e. The van der Waals surface area contributed by atoms with Crippen LogP contribution in [-0.2, 0) is 25.5 Å². The zero-order chi connectivity index (χ0) is 30.9. The minimum Gasteiger partial charge on any atom is -0.465 e. The third-order valence-electron chi connectivity index (χ3n) is 9.46. The summed E-state index contributed by atoms with van der Waals surface area (Å²) in [5.41, 5.74) is 3.65. The van der Waals surface area contributed by atoms with Crippen molar-refractivity contribution in [3.05, 3.63) is 90.5 Å². The number of esters is 1. The van der Waals surface area contributed by atoms with Crippen molar-refractivity contribution in [3.8, 4) is 0 Å². The molecule has 1 spiro atoms. The van der Waals surface area contributed by atoms with Crippen molar-refractivity contribution in [2.45, 2.75) is 62.1 Å². The normalized spacial score (nSPS) is 28.0. The number of benzene rings is 2. The summed E-state index contributed by atoms with van der Waals surface area (Å²) in [6, 6.07) is 14.1. The zero-order valence-electron chi connectivity index (χ0n) is 25.3. The average molecular weight is 603 g/mol. The molecule has 3 saturated heterocycles. The maximum atomic E-state index is 15.1. The minimum atomic E-state index is -0.874. The van der Waals surface area contributed by atoms with Crippen LogP contribution in [0.25, 0.3) is 0 Å². The fourth-order valence-electron chi connectivity index (χ4n) is 7.68. The number of aliphatic hydroxyl groups excluding tert-OH is 1. The Balaban J connectivity index is 1.64. The average Bonchev–Trinajstić information content (AvgIpc) is 3.59. The molecular formula is C35H42N2O5S. The number of hydrogen-bond acceptors (Lipinski definition) is 6. The molecule has 3 heterocycles. The Bertz CT molecular complexity index is 1380. The highest BCUT2D eigenvalue weighted by atomic mass is 32.2. The number of fused-ring (bicyclic) bond motifs is 1. The fraction of sp³-hybridized carbons (Fsp3) is 0.457. The molecule has 2 bridgehead atoms. The Kier molecular flexibility index (Phi) is 9.18. The van der Waals surface area contributed by atoms with Crippen LogP contribution in [0.5, 0.6) is 0 Å². The molecule has 7 nitrogen and oxygen atoms in total. The fourth-order valence-corrected chi connectivity index (χ4v) is 10.1. The number of nitrogens with zero attached hydrogens (tertiary/aromatic N) is 2. The molecule has 43 heavy (non-hydrogen) atoms. The molecule has 2 amide bonds. The molecule has 3 unspecified atom stereocenters. The number of rotatable bonds is 12. The van der Waals surface area contributed by atoms with Crippen molar-refractivity contribution < 1.29 is 24.2 Å². The van der Waals surface area contributed by atoms with E-state index >= 15 is 4.79 Å². The highest BCUT2D eigenvalue weighted by molar-refractivity contribution is 8.02. The van der Waals surface area contributed by atoms with Crippen LogP contribution in [0.15, 0.2) is 73.8 Å². The van der Waals surface area contributed by atoms with E-state index in [0.29, 0.717) is 19.3 Å². The molecule has 0 radical (unpaired) electrons. The van der Waals surface area contributed by atoms with E-state index in [2.05, 4.69) is 20.1 Å². The lowest BCUT2D eigenvalue weighted by Crippen LogP contribution is -2.59. The van der Waals surface area contributed by atoms with Crippen molar-refractivity contribution in [3.63, 3.8) is 0 Å². The number of thioether (sulfide) groups is 1. The van der Waals surface area contributed by atoms with E-state index in [-0.39, 0.29) is 48.7 Å². The highest BCUT2D eigenvalue weighted by Gasteiger charge is 2.77. The number of amides is 2. The first-order valence-electron chi connectivity index (χ1n) is 15.1. The number of carbonyl (C=O) groups is 3. The first kappa shape index (κ1) is 31.1. The maximum absolute atomic E-state index is 15.1. The molecule has 3 aliphatic rings. The van der Waals surface area contributed by atoms with Gasteiger partial charge in [-0.3, -0.25) is 14.4 Å². The standard InChI is InChI=1S/C35H42N2O5S/c1-6-8-18-42-34(41)28-27-19-24(5)35(43-27)29(28)32(39)37(26(21-38)20-25-15-10-9-11-16-25)31(35)33(40)36(17-7-2)30-22(3)13-12-14-23(30)4/h6-7,9-16,24,26-29,31,38H,1-2,8,17-21H2,3-5H3/t24?,26-,27+,28-,29+,31?,35?/m1/s1. The topological polar surface area (TPSA) is 87.2 Å². The minimum absolute atomic E-state index is 0.00718. The third-order valence-corrected chi connectivity index (χ3v) is 11.5. The molecule has 2 aromatic rings. The van der Waals surface area contributed by atoms with Crippen molar-refractivity contribution in [1.29, 1.82) is 0 Å². The second-order valence-corrected chi connectivity index (χ2v) is 13.6. The Morgan fingerprint density at radius 3 is 2.47 bits per heavy atom. The number of anilines is 1. The van der Waals surface area contributed by atoms with E-state index in [9.17, 15) is 14.7 Å². The Morgan fingerprint density at radius 2 is 1.84 bits per heavy atom. The Labute approximate surface area is 259 Å². The van der Waals surface area contributed by atoms with Crippen molar-refractivity contribution in [1.82, 2.24) is 4.90 Å². The predicted molar refractivity (Wildman–Crippen MR) is 171 cm³/mol. The van der Waals surface area contributed by atoms with E-state index in [1.54, 1.807) is 33.7 Å². The van der Waals surface area contributed by atoms with Crippen LogP contribution in [0, 0.1) is 31.6 Å². The SMILES string of the molecule is C=CCCOC(=O)[C@@H]1[C@@H]2CC(C)C3(S2)C(C(=O)N(CC=C)c2c(C)cccc2C)N([C@@H](CO)Cc2ccccc2)C(=O)[C@H]13. The second-order valence-electron chi connectivity index (χ2n) is 12.0. The summed E-state index contributed by atoms with van der Waals surface area (Å²) in [5, 5.41) is 10.7. The molecule has 1 N–H and O–H groups in total. The lowest BCUT2D eigenvalue weighted by Gasteiger charge is -2.42. The Hall–Kier alpha value is -3.36. The molecule has 3 aliphatic heterocycles. The summed E-state index contributed by atoms with van der Waals surface area (Å²) in [4.78, 5) is 46.7. The summed E-state index contributed by atoms with van der Waals surface area (Å²) in [6.07, 6.45) is 5.02. The molecule has 0 aliphatic carbocycles. The third kappa shape index (κ3) is 5.22. The van der Waals surface area contributed by atoms with Crippen molar-refractivity contribution in [2.75, 3.05) is 24.7 Å². The first-order chi connectivity index (χ1) is 20.7. The van der Waals surface area contributed by atoms with Crippen LogP contribution < -0.4 is 4.90 Å². The van der Waals surface area contributed by atoms with Gasteiger partial charge in [-0.15, -0.1) is 24.9 Å². The van der Waals surface area contributed by atoms with Gasteiger partial charge in [-0.25, -0.2) is 0 Å². The van der Waals surface area contributed by atoms with Crippen LogP contribution in [0.3, 0.4) is 0 Å². The molecule has 3 fully saturated rings. The molecule has 228 valence electrons. The van der Waals surface area contributed by atoms with E-state index < -0.39 is 28.7 Å².